The fraction of sp³-hybridized carbons (Fsp3) is 0.778. The van der Waals surface area contributed by atoms with Crippen LogP contribution in [0, 0.1) is 0 Å². The molecule has 0 aliphatic carbocycles. The molecule has 0 spiro atoms. The number of hydrogen-bond acceptors (Lipinski definition) is 3. The lowest BCUT2D eigenvalue weighted by molar-refractivity contribution is 0.0254. The summed E-state index contributed by atoms with van der Waals surface area (Å²) in [6.45, 7) is 4.04. The van der Waals surface area contributed by atoms with E-state index in [4.69, 9.17) is 0 Å². The number of aliphatic hydroxyl groups excluding tert-OH is 1. The summed E-state index contributed by atoms with van der Waals surface area (Å²) >= 11 is 0. The van der Waals surface area contributed by atoms with Gasteiger partial charge in [0.25, 0.3) is 0 Å². The Kier molecular flexibility index (Phi) is 10.1. The molecule has 0 saturated heterocycles. The topological polar surface area (TPSA) is 35.5 Å². The molecule has 122 valence electrons. The molecule has 0 bridgehead atoms. The molecule has 0 fully saturated rings. The van der Waals surface area contributed by atoms with Gasteiger partial charge in [-0.1, -0.05) is 51.2 Å². The molecular formula is C18H34N2O. The highest BCUT2D eigenvalue weighted by Gasteiger charge is 2.20. The van der Waals surface area contributed by atoms with Crippen molar-refractivity contribution in [2.45, 2.75) is 90.4 Å². The van der Waals surface area contributed by atoms with Gasteiger partial charge in [0.2, 0.25) is 0 Å². The van der Waals surface area contributed by atoms with Crippen molar-refractivity contribution in [3.05, 3.63) is 24.6 Å². The predicted molar refractivity (Wildman–Crippen MR) is 90.6 cm³/mol. The van der Waals surface area contributed by atoms with Crippen LogP contribution in [0.1, 0.15) is 78.1 Å². The van der Waals surface area contributed by atoms with Crippen LogP contribution in [0.15, 0.2) is 24.6 Å². The first-order chi connectivity index (χ1) is 10.3. The second-order valence-corrected chi connectivity index (χ2v) is 6.04. The largest absolute Gasteiger partial charge is 0.374 e. The number of aliphatic hydroxyl groups is 1. The molecule has 0 aromatic carbocycles. The number of hydrogen-bond donors (Lipinski definition) is 2. The molecule has 3 nitrogen and oxygen atoms in total. The maximum atomic E-state index is 9.63. The van der Waals surface area contributed by atoms with Crippen LogP contribution in [-0.4, -0.2) is 22.4 Å². The van der Waals surface area contributed by atoms with Gasteiger partial charge in [-0.05, 0) is 39.0 Å². The van der Waals surface area contributed by atoms with E-state index in [9.17, 15) is 5.11 Å². The van der Waals surface area contributed by atoms with Gasteiger partial charge in [0, 0.05) is 12.4 Å². The van der Waals surface area contributed by atoms with E-state index in [1.807, 2.05) is 24.2 Å². The fourth-order valence-electron chi connectivity index (χ4n) is 2.76. The molecule has 1 aliphatic heterocycles. The molecule has 2 N–H and O–H groups in total. The molecule has 1 heterocycles. The van der Waals surface area contributed by atoms with Gasteiger partial charge in [-0.15, -0.1) is 0 Å². The Morgan fingerprint density at radius 2 is 1.76 bits per heavy atom. The minimum Gasteiger partial charge on any atom is -0.374 e. The number of rotatable bonds is 12. The van der Waals surface area contributed by atoms with Gasteiger partial charge in [-0.25, -0.2) is 0 Å². The standard InChI is InChI=1S/C18H34N2O/c1-3-4-5-6-7-8-9-10-11-12-13-14-18-19-15-16-20(18)17(2)21/h5-6,15-19,21H,3-4,7-14H2,1-2H3/b6-5+. The first kappa shape index (κ1) is 18.1. The monoisotopic (exact) mass is 294 g/mol. The maximum Gasteiger partial charge on any atom is 0.125 e. The highest BCUT2D eigenvalue weighted by molar-refractivity contribution is 4.94. The van der Waals surface area contributed by atoms with Gasteiger partial charge < -0.3 is 15.3 Å². The molecule has 1 aliphatic rings. The average molecular weight is 294 g/mol. The van der Waals surface area contributed by atoms with Gasteiger partial charge in [-0.3, -0.25) is 0 Å². The second-order valence-electron chi connectivity index (χ2n) is 6.04. The number of allylic oxidation sites excluding steroid dienone is 2. The number of nitrogens with zero attached hydrogens (tertiary/aromatic N) is 1. The van der Waals surface area contributed by atoms with Crippen LogP contribution in [0.5, 0.6) is 0 Å². The molecule has 2 unspecified atom stereocenters. The third-order valence-electron chi connectivity index (χ3n) is 4.05. The fourth-order valence-corrected chi connectivity index (χ4v) is 2.76. The van der Waals surface area contributed by atoms with Crippen molar-refractivity contribution in [2.75, 3.05) is 0 Å². The third-order valence-corrected chi connectivity index (χ3v) is 4.05. The Balaban J connectivity index is 1.89. The Bertz CT molecular complexity index is 300. The van der Waals surface area contributed by atoms with E-state index >= 15 is 0 Å². The summed E-state index contributed by atoms with van der Waals surface area (Å²) in [5, 5.41) is 12.9. The van der Waals surface area contributed by atoms with Crippen LogP contribution in [-0.2, 0) is 0 Å². The summed E-state index contributed by atoms with van der Waals surface area (Å²) in [6.07, 6.45) is 21.2. The van der Waals surface area contributed by atoms with Gasteiger partial charge in [0.1, 0.15) is 12.4 Å². The Morgan fingerprint density at radius 3 is 2.48 bits per heavy atom. The van der Waals surface area contributed by atoms with E-state index in [2.05, 4.69) is 24.4 Å². The minimum atomic E-state index is -0.401. The first-order valence-corrected chi connectivity index (χ1v) is 8.79. The third kappa shape index (κ3) is 8.15. The molecule has 2 atom stereocenters. The van der Waals surface area contributed by atoms with E-state index in [1.54, 1.807) is 0 Å². The summed E-state index contributed by atoms with van der Waals surface area (Å²) in [4.78, 5) is 1.99. The van der Waals surface area contributed by atoms with Crippen LogP contribution in [0.3, 0.4) is 0 Å². The molecule has 0 aromatic rings. The SMILES string of the molecule is CCC/C=C/CCCCCCCCC1NC=CN1C(C)O. The lowest BCUT2D eigenvalue weighted by Gasteiger charge is -2.28. The van der Waals surface area contributed by atoms with Crippen molar-refractivity contribution in [1.29, 1.82) is 0 Å². The molecular weight excluding hydrogens is 260 g/mol. The van der Waals surface area contributed by atoms with Crippen LogP contribution in [0.4, 0.5) is 0 Å². The van der Waals surface area contributed by atoms with Crippen LogP contribution >= 0.6 is 0 Å². The highest BCUT2D eigenvalue weighted by Crippen LogP contribution is 2.16. The van der Waals surface area contributed by atoms with E-state index in [1.165, 1.54) is 57.8 Å². The molecule has 3 heteroatoms. The lowest BCUT2D eigenvalue weighted by Crippen LogP contribution is -2.40. The normalized spacial score (nSPS) is 19.4. The molecule has 0 saturated carbocycles. The van der Waals surface area contributed by atoms with E-state index in [0.29, 0.717) is 0 Å². The van der Waals surface area contributed by atoms with Crippen molar-refractivity contribution in [2.24, 2.45) is 0 Å². The molecule has 1 rings (SSSR count). The minimum absolute atomic E-state index is 0.286. The van der Waals surface area contributed by atoms with E-state index in [0.717, 1.165) is 6.42 Å². The van der Waals surface area contributed by atoms with Gasteiger partial charge in [0.15, 0.2) is 0 Å². The van der Waals surface area contributed by atoms with Crippen molar-refractivity contribution >= 4 is 0 Å². The first-order valence-electron chi connectivity index (χ1n) is 8.79. The summed E-state index contributed by atoms with van der Waals surface area (Å²) in [6, 6.07) is 0. The van der Waals surface area contributed by atoms with E-state index in [-0.39, 0.29) is 6.17 Å². The summed E-state index contributed by atoms with van der Waals surface area (Å²) in [5.41, 5.74) is 0. The predicted octanol–water partition coefficient (Wildman–Crippen LogP) is 4.50. The summed E-state index contributed by atoms with van der Waals surface area (Å²) in [7, 11) is 0. The zero-order valence-corrected chi connectivity index (χ0v) is 13.9. The maximum absolute atomic E-state index is 9.63. The Hall–Kier alpha value is -0.960. The van der Waals surface area contributed by atoms with Crippen molar-refractivity contribution in [3.8, 4) is 0 Å². The number of nitrogens with one attached hydrogen (secondary N) is 1. The van der Waals surface area contributed by atoms with Crippen molar-refractivity contribution in [1.82, 2.24) is 10.2 Å². The summed E-state index contributed by atoms with van der Waals surface area (Å²) < 4.78 is 0. The van der Waals surface area contributed by atoms with Crippen LogP contribution < -0.4 is 5.32 Å². The zero-order chi connectivity index (χ0) is 15.3. The van der Waals surface area contributed by atoms with Crippen molar-refractivity contribution < 1.29 is 5.11 Å². The van der Waals surface area contributed by atoms with Gasteiger partial charge in [-0.2, -0.15) is 0 Å². The average Bonchev–Trinajstić information content (AvgIpc) is 2.93. The molecule has 0 amide bonds. The van der Waals surface area contributed by atoms with E-state index < -0.39 is 6.23 Å². The number of unbranched alkanes of at least 4 members (excludes halogenated alkanes) is 7. The van der Waals surface area contributed by atoms with Crippen LogP contribution in [0.2, 0.25) is 0 Å². The Morgan fingerprint density at radius 1 is 1.10 bits per heavy atom. The molecule has 0 aromatic heterocycles. The smallest absolute Gasteiger partial charge is 0.125 e. The second kappa shape index (κ2) is 11.7. The van der Waals surface area contributed by atoms with Crippen molar-refractivity contribution in [3.63, 3.8) is 0 Å². The zero-order valence-electron chi connectivity index (χ0n) is 13.9. The summed E-state index contributed by atoms with van der Waals surface area (Å²) in [5.74, 6) is 0. The quantitative estimate of drug-likeness (QED) is 0.411. The molecule has 21 heavy (non-hydrogen) atoms. The molecule has 0 radical (unpaired) electrons. The van der Waals surface area contributed by atoms with Gasteiger partial charge >= 0.3 is 0 Å². The van der Waals surface area contributed by atoms with Crippen LogP contribution in [0.25, 0.3) is 0 Å². The lowest BCUT2D eigenvalue weighted by atomic mass is 10.1. The Labute approximate surface area is 131 Å². The highest BCUT2D eigenvalue weighted by atomic mass is 16.3. The van der Waals surface area contributed by atoms with Gasteiger partial charge in [0.05, 0.1) is 0 Å².